The van der Waals surface area contributed by atoms with Crippen molar-refractivity contribution in [2.24, 2.45) is 12.0 Å². The van der Waals surface area contributed by atoms with Crippen LogP contribution in [0.25, 0.3) is 11.0 Å². The third-order valence-corrected chi connectivity index (χ3v) is 3.48. The highest BCUT2D eigenvalue weighted by atomic mass is 16.2. The molecule has 0 aliphatic carbocycles. The minimum atomic E-state index is -0.266. The van der Waals surface area contributed by atoms with E-state index in [4.69, 9.17) is 0 Å². The van der Waals surface area contributed by atoms with E-state index in [1.807, 2.05) is 34.7 Å². The topological polar surface area (TPSA) is 121 Å². The number of aliphatic imine (C=N–C) groups is 1. The molecule has 0 unspecified atom stereocenters. The van der Waals surface area contributed by atoms with E-state index in [9.17, 15) is 4.79 Å². The molecule has 0 aromatic carbocycles. The van der Waals surface area contributed by atoms with E-state index in [0.717, 1.165) is 16.9 Å². The van der Waals surface area contributed by atoms with Gasteiger partial charge in [-0.25, -0.2) is 15.0 Å². The van der Waals surface area contributed by atoms with Crippen LogP contribution in [-0.2, 0) is 11.8 Å². The summed E-state index contributed by atoms with van der Waals surface area (Å²) in [7, 11) is 1.84. The number of rotatable bonds is 7. The molecule has 10 nitrogen and oxygen atoms in total. The van der Waals surface area contributed by atoms with Crippen LogP contribution < -0.4 is 21.3 Å². The van der Waals surface area contributed by atoms with Gasteiger partial charge in [-0.2, -0.15) is 5.10 Å². The maximum Gasteiger partial charge on any atom is 0.242 e. The highest BCUT2D eigenvalue weighted by Crippen LogP contribution is 2.16. The van der Waals surface area contributed by atoms with Gasteiger partial charge < -0.3 is 21.3 Å². The molecule has 0 saturated heterocycles. The summed E-state index contributed by atoms with van der Waals surface area (Å²) in [6.07, 6.45) is 3.25. The van der Waals surface area contributed by atoms with Crippen LogP contribution in [0.3, 0.4) is 0 Å². The highest BCUT2D eigenvalue weighted by molar-refractivity contribution is 5.86. The number of guanidine groups is 1. The Bertz CT molecular complexity index is 791. The van der Waals surface area contributed by atoms with E-state index in [0.29, 0.717) is 25.6 Å². The molecule has 0 spiro atoms. The molecular weight excluding hydrogens is 346 g/mol. The number of hydrogen-bond donors (Lipinski definition) is 4. The maximum atomic E-state index is 11.9. The highest BCUT2D eigenvalue weighted by Gasteiger charge is 2.13. The summed E-state index contributed by atoms with van der Waals surface area (Å²) in [6.45, 7) is 9.82. The minimum Gasteiger partial charge on any atom is -0.368 e. The van der Waals surface area contributed by atoms with Crippen LogP contribution in [-0.4, -0.2) is 63.3 Å². The molecule has 27 heavy (non-hydrogen) atoms. The lowest BCUT2D eigenvalue weighted by Crippen LogP contribution is -2.43. The Morgan fingerprint density at radius 3 is 2.70 bits per heavy atom. The van der Waals surface area contributed by atoms with E-state index in [1.165, 1.54) is 6.33 Å². The van der Waals surface area contributed by atoms with Gasteiger partial charge in [0.05, 0.1) is 11.6 Å². The lowest BCUT2D eigenvalue weighted by atomic mass is 10.1. The van der Waals surface area contributed by atoms with Gasteiger partial charge in [0.25, 0.3) is 0 Å². The quantitative estimate of drug-likeness (QED) is 0.311. The number of aromatic nitrogens is 4. The number of carbonyl (C=O) groups is 1. The van der Waals surface area contributed by atoms with E-state index < -0.39 is 0 Å². The van der Waals surface area contributed by atoms with Gasteiger partial charge in [0, 0.05) is 32.2 Å². The second kappa shape index (κ2) is 9.15. The first kappa shape index (κ1) is 20.4. The normalized spacial score (nSPS) is 12.1. The predicted octanol–water partition coefficient (Wildman–Crippen LogP) is 0.245. The minimum absolute atomic E-state index is 0.0717. The van der Waals surface area contributed by atoms with Crippen LogP contribution >= 0.6 is 0 Å². The van der Waals surface area contributed by atoms with Crippen molar-refractivity contribution in [1.29, 1.82) is 0 Å². The molecule has 0 aliphatic rings. The molecule has 148 valence electrons. The van der Waals surface area contributed by atoms with Gasteiger partial charge in [0.2, 0.25) is 5.91 Å². The average Bonchev–Trinajstić information content (AvgIpc) is 2.97. The molecular formula is C17H29N9O. The number of carbonyl (C=O) groups excluding carboxylic acids is 1. The zero-order valence-corrected chi connectivity index (χ0v) is 16.6. The van der Waals surface area contributed by atoms with Gasteiger partial charge in [0.1, 0.15) is 18.7 Å². The van der Waals surface area contributed by atoms with Crippen molar-refractivity contribution >= 4 is 28.7 Å². The summed E-state index contributed by atoms with van der Waals surface area (Å²) < 4.78 is 1.71. The van der Waals surface area contributed by atoms with Crippen LogP contribution in [0.1, 0.15) is 27.7 Å². The first-order chi connectivity index (χ1) is 12.8. The Kier molecular flexibility index (Phi) is 6.91. The van der Waals surface area contributed by atoms with Crippen molar-refractivity contribution in [3.05, 3.63) is 12.5 Å². The number of nitrogens with zero attached hydrogens (tertiary/aromatic N) is 5. The predicted molar refractivity (Wildman–Crippen MR) is 107 cm³/mol. The van der Waals surface area contributed by atoms with Crippen molar-refractivity contribution in [3.63, 3.8) is 0 Å². The molecule has 2 rings (SSSR count). The molecule has 0 bridgehead atoms. The first-order valence-corrected chi connectivity index (χ1v) is 9.00. The van der Waals surface area contributed by atoms with E-state index in [1.54, 1.807) is 10.9 Å². The Labute approximate surface area is 159 Å². The van der Waals surface area contributed by atoms with E-state index >= 15 is 0 Å². The number of aryl methyl sites for hydroxylation is 1. The van der Waals surface area contributed by atoms with Crippen LogP contribution in [0.5, 0.6) is 0 Å². The fraction of sp³-hybridized carbons (Fsp3) is 0.588. The molecule has 0 radical (unpaired) electrons. The molecule has 0 fully saturated rings. The Morgan fingerprint density at radius 1 is 1.22 bits per heavy atom. The van der Waals surface area contributed by atoms with Gasteiger partial charge in [-0.1, -0.05) is 0 Å². The molecule has 2 aromatic rings. The lowest BCUT2D eigenvalue weighted by Gasteiger charge is -2.20. The second-order valence-electron chi connectivity index (χ2n) is 7.07. The molecule has 0 aliphatic heterocycles. The molecule has 2 aromatic heterocycles. The number of amides is 1. The zero-order valence-electron chi connectivity index (χ0n) is 16.6. The summed E-state index contributed by atoms with van der Waals surface area (Å²) in [6, 6.07) is 0. The molecule has 4 N–H and O–H groups in total. The standard InChI is InChI=1S/C17H29N9O/c1-6-18-16(21-10-13(27)25-17(2,3)4)20-8-7-19-14-12-9-24-26(5)15(12)23-11-22-14/h9,11H,6-8,10H2,1-5H3,(H,25,27)(H2,18,20,21)(H,19,22,23). The lowest BCUT2D eigenvalue weighted by molar-refractivity contribution is -0.121. The number of anilines is 1. The van der Waals surface area contributed by atoms with Crippen molar-refractivity contribution in [2.75, 3.05) is 31.5 Å². The largest absolute Gasteiger partial charge is 0.368 e. The van der Waals surface area contributed by atoms with Crippen LogP contribution in [0, 0.1) is 0 Å². The van der Waals surface area contributed by atoms with Crippen molar-refractivity contribution < 1.29 is 4.79 Å². The monoisotopic (exact) mass is 375 g/mol. The van der Waals surface area contributed by atoms with E-state index in [-0.39, 0.29) is 18.0 Å². The van der Waals surface area contributed by atoms with Gasteiger partial charge in [-0.05, 0) is 27.7 Å². The Hall–Kier alpha value is -2.91. The second-order valence-corrected chi connectivity index (χ2v) is 7.07. The van der Waals surface area contributed by atoms with Crippen molar-refractivity contribution in [2.45, 2.75) is 33.2 Å². The van der Waals surface area contributed by atoms with Gasteiger partial charge in [-0.15, -0.1) is 0 Å². The van der Waals surface area contributed by atoms with Gasteiger partial charge >= 0.3 is 0 Å². The van der Waals surface area contributed by atoms with Gasteiger partial charge in [-0.3, -0.25) is 9.48 Å². The smallest absolute Gasteiger partial charge is 0.242 e. The van der Waals surface area contributed by atoms with Crippen LogP contribution in [0.4, 0.5) is 5.82 Å². The average molecular weight is 375 g/mol. The molecule has 1 amide bonds. The first-order valence-electron chi connectivity index (χ1n) is 9.00. The summed E-state index contributed by atoms with van der Waals surface area (Å²) in [5, 5.41) is 17.5. The third kappa shape index (κ3) is 6.39. The molecule has 0 atom stereocenters. The zero-order chi connectivity index (χ0) is 19.9. The van der Waals surface area contributed by atoms with Crippen LogP contribution in [0.15, 0.2) is 17.5 Å². The molecule has 0 saturated carbocycles. The summed E-state index contributed by atoms with van der Waals surface area (Å²) in [5.74, 6) is 1.22. The van der Waals surface area contributed by atoms with Gasteiger partial charge in [0.15, 0.2) is 11.6 Å². The summed E-state index contributed by atoms with van der Waals surface area (Å²) in [5.41, 5.74) is 0.512. The van der Waals surface area contributed by atoms with E-state index in [2.05, 4.69) is 41.3 Å². The number of nitrogens with one attached hydrogen (secondary N) is 4. The summed E-state index contributed by atoms with van der Waals surface area (Å²) in [4.78, 5) is 24.7. The fourth-order valence-corrected chi connectivity index (χ4v) is 2.42. The fourth-order valence-electron chi connectivity index (χ4n) is 2.42. The van der Waals surface area contributed by atoms with Crippen LogP contribution in [0.2, 0.25) is 0 Å². The Balaban J connectivity index is 1.85. The third-order valence-electron chi connectivity index (χ3n) is 3.48. The van der Waals surface area contributed by atoms with Crippen molar-refractivity contribution in [3.8, 4) is 0 Å². The van der Waals surface area contributed by atoms with Crippen molar-refractivity contribution in [1.82, 2.24) is 35.7 Å². The maximum absolute atomic E-state index is 11.9. The SMILES string of the molecule is CCNC(=NCC(=O)NC(C)(C)C)NCCNc1ncnc2c1cnn2C. The molecule has 2 heterocycles. The number of hydrogen-bond acceptors (Lipinski definition) is 6. The Morgan fingerprint density at radius 2 is 2.00 bits per heavy atom. The summed E-state index contributed by atoms with van der Waals surface area (Å²) >= 11 is 0. The molecule has 10 heteroatoms. The number of fused-ring (bicyclic) bond motifs is 1.